The van der Waals surface area contributed by atoms with E-state index in [9.17, 15) is 31.9 Å². The second kappa shape index (κ2) is 13.3. The molecule has 6 nitrogen and oxygen atoms in total. The second-order valence-electron chi connectivity index (χ2n) is 11.4. The van der Waals surface area contributed by atoms with Crippen molar-refractivity contribution in [1.82, 2.24) is 4.90 Å². The molecule has 0 N–H and O–H groups in total. The molecule has 2 aromatic rings. The first-order valence-electron chi connectivity index (χ1n) is 12.9. The first-order chi connectivity index (χ1) is 18.4. The molecule has 0 spiro atoms. The van der Waals surface area contributed by atoms with Gasteiger partial charge in [0.05, 0.1) is 17.5 Å². The molecule has 0 saturated heterocycles. The average molecular weight is 568 g/mol. The summed E-state index contributed by atoms with van der Waals surface area (Å²) in [4.78, 5) is 40.4. The molecular formula is C30H37F4NO5. The molecule has 0 heterocycles. The SMILES string of the molecule is CN(C(=O)OC(C)(C)C)[C@@H](CC(C)(C)F)C(=O)C[C@H](Cc1ccc(C(F)(F)F)cc1)C(=O)OCc1ccccc1. The van der Waals surface area contributed by atoms with Crippen LogP contribution in [0.5, 0.6) is 0 Å². The first-order valence-corrected chi connectivity index (χ1v) is 12.9. The van der Waals surface area contributed by atoms with Crippen LogP contribution in [0.2, 0.25) is 0 Å². The summed E-state index contributed by atoms with van der Waals surface area (Å²) in [5.74, 6) is -2.44. The van der Waals surface area contributed by atoms with Gasteiger partial charge in [-0.3, -0.25) is 9.59 Å². The smallest absolute Gasteiger partial charge is 0.416 e. The Morgan fingerprint density at radius 1 is 0.850 bits per heavy atom. The van der Waals surface area contributed by atoms with Crippen molar-refractivity contribution < 1.29 is 41.4 Å². The third-order valence-electron chi connectivity index (χ3n) is 5.97. The number of esters is 1. The number of hydrogen-bond acceptors (Lipinski definition) is 5. The van der Waals surface area contributed by atoms with Crippen LogP contribution in [-0.2, 0) is 38.3 Å². The summed E-state index contributed by atoms with van der Waals surface area (Å²) in [5, 5.41) is 0. The molecule has 2 aromatic carbocycles. The number of benzene rings is 2. The fourth-order valence-corrected chi connectivity index (χ4v) is 3.97. The number of carbonyl (C=O) groups is 3. The molecule has 0 radical (unpaired) electrons. The highest BCUT2D eigenvalue weighted by Gasteiger charge is 2.37. The Labute approximate surface area is 232 Å². The van der Waals surface area contributed by atoms with Crippen LogP contribution in [0.3, 0.4) is 0 Å². The van der Waals surface area contributed by atoms with Crippen LogP contribution in [0.1, 0.15) is 64.2 Å². The maximum Gasteiger partial charge on any atom is 0.416 e. The van der Waals surface area contributed by atoms with Gasteiger partial charge >= 0.3 is 18.2 Å². The van der Waals surface area contributed by atoms with Gasteiger partial charge in [0.15, 0.2) is 5.78 Å². The Bertz CT molecular complexity index is 1140. The molecule has 10 heteroatoms. The van der Waals surface area contributed by atoms with Gasteiger partial charge in [0, 0.05) is 19.9 Å². The van der Waals surface area contributed by atoms with Crippen molar-refractivity contribution in [1.29, 1.82) is 0 Å². The molecular weight excluding hydrogens is 530 g/mol. The van der Waals surface area contributed by atoms with Crippen molar-refractivity contribution in [2.45, 2.75) is 84.0 Å². The quantitative estimate of drug-likeness (QED) is 0.217. The van der Waals surface area contributed by atoms with Crippen LogP contribution in [0.15, 0.2) is 54.6 Å². The molecule has 0 aliphatic rings. The van der Waals surface area contributed by atoms with Gasteiger partial charge in [-0.05, 0) is 64.3 Å². The lowest BCUT2D eigenvalue weighted by atomic mass is 9.88. The number of carbonyl (C=O) groups excluding carboxylic acids is 3. The predicted molar refractivity (Wildman–Crippen MR) is 142 cm³/mol. The monoisotopic (exact) mass is 567 g/mol. The van der Waals surface area contributed by atoms with Crippen LogP contribution in [-0.4, -0.2) is 47.1 Å². The standard InChI is InChI=1S/C30H37F4NO5/c1-28(2,3)40-27(38)35(6)24(18-29(4,5)31)25(36)17-22(26(37)39-19-21-10-8-7-9-11-21)16-20-12-14-23(15-13-20)30(32,33)34/h7-15,22,24H,16-19H2,1-6H3/t22-,24-/m0/s1. The Hall–Kier alpha value is -3.43. The Kier molecular flexibility index (Phi) is 10.9. The molecule has 0 unspecified atom stereocenters. The lowest BCUT2D eigenvalue weighted by Crippen LogP contribution is -2.48. The van der Waals surface area contributed by atoms with Gasteiger partial charge in [-0.1, -0.05) is 42.5 Å². The van der Waals surface area contributed by atoms with E-state index in [4.69, 9.17) is 9.47 Å². The molecule has 0 bridgehead atoms. The summed E-state index contributed by atoms with van der Waals surface area (Å²) in [5.41, 5.74) is -2.47. The van der Waals surface area contributed by atoms with Crippen molar-refractivity contribution in [2.24, 2.45) is 5.92 Å². The number of ketones is 1. The van der Waals surface area contributed by atoms with Gasteiger partial charge in [0.25, 0.3) is 0 Å². The fourth-order valence-electron chi connectivity index (χ4n) is 3.97. The van der Waals surface area contributed by atoms with E-state index in [1.807, 2.05) is 0 Å². The van der Waals surface area contributed by atoms with Gasteiger partial charge in [-0.2, -0.15) is 13.2 Å². The molecule has 220 valence electrons. The molecule has 0 aliphatic heterocycles. The summed E-state index contributed by atoms with van der Waals surface area (Å²) in [7, 11) is 1.32. The normalized spacial score (nSPS) is 13.8. The minimum absolute atomic E-state index is 0.0733. The minimum atomic E-state index is -4.53. The molecule has 0 saturated carbocycles. The number of likely N-dealkylation sites (N-methyl/N-ethyl adjacent to an activating group) is 1. The van der Waals surface area contributed by atoms with Crippen molar-refractivity contribution in [3.63, 3.8) is 0 Å². The zero-order chi connectivity index (χ0) is 30.3. The van der Waals surface area contributed by atoms with E-state index < -0.39 is 59.2 Å². The average Bonchev–Trinajstić information content (AvgIpc) is 2.83. The molecule has 40 heavy (non-hydrogen) atoms. The van der Waals surface area contributed by atoms with E-state index in [2.05, 4.69) is 0 Å². The summed E-state index contributed by atoms with van der Waals surface area (Å²) in [6.07, 6.45) is -6.24. The van der Waals surface area contributed by atoms with E-state index in [1.54, 1.807) is 51.1 Å². The number of rotatable bonds is 11. The molecule has 0 aromatic heterocycles. The van der Waals surface area contributed by atoms with Gasteiger partial charge in [0.2, 0.25) is 0 Å². The number of alkyl halides is 4. The largest absolute Gasteiger partial charge is 0.461 e. The van der Waals surface area contributed by atoms with Gasteiger partial charge in [-0.15, -0.1) is 0 Å². The van der Waals surface area contributed by atoms with Gasteiger partial charge in [0.1, 0.15) is 17.9 Å². The van der Waals surface area contributed by atoms with Gasteiger partial charge in [-0.25, -0.2) is 9.18 Å². The van der Waals surface area contributed by atoms with E-state index in [-0.39, 0.29) is 19.4 Å². The van der Waals surface area contributed by atoms with E-state index in [1.165, 1.54) is 33.0 Å². The highest BCUT2D eigenvalue weighted by Crippen LogP contribution is 2.30. The minimum Gasteiger partial charge on any atom is -0.461 e. The van der Waals surface area contributed by atoms with Crippen molar-refractivity contribution in [2.75, 3.05) is 7.05 Å². The molecule has 0 aliphatic carbocycles. The zero-order valence-electron chi connectivity index (χ0n) is 23.7. The third-order valence-corrected chi connectivity index (χ3v) is 5.97. The molecule has 1 amide bonds. The summed E-state index contributed by atoms with van der Waals surface area (Å²) in [6, 6.07) is 11.8. The lowest BCUT2D eigenvalue weighted by Gasteiger charge is -2.32. The topological polar surface area (TPSA) is 72.9 Å². The Balaban J connectivity index is 2.32. The highest BCUT2D eigenvalue weighted by molar-refractivity contribution is 5.90. The molecule has 0 fully saturated rings. The molecule has 2 rings (SSSR count). The van der Waals surface area contributed by atoms with Crippen LogP contribution in [0.25, 0.3) is 0 Å². The maximum absolute atomic E-state index is 14.7. The predicted octanol–water partition coefficient (Wildman–Crippen LogP) is 6.94. The zero-order valence-corrected chi connectivity index (χ0v) is 23.7. The first kappa shape index (κ1) is 32.8. The van der Waals surface area contributed by atoms with Crippen LogP contribution in [0.4, 0.5) is 22.4 Å². The fraction of sp³-hybridized carbons (Fsp3) is 0.500. The number of nitrogens with zero attached hydrogens (tertiary/aromatic N) is 1. The molecule has 2 atom stereocenters. The van der Waals surface area contributed by atoms with Crippen molar-refractivity contribution >= 4 is 17.8 Å². The highest BCUT2D eigenvalue weighted by atomic mass is 19.4. The number of hydrogen-bond donors (Lipinski definition) is 0. The Morgan fingerprint density at radius 2 is 1.43 bits per heavy atom. The van der Waals surface area contributed by atoms with Crippen molar-refractivity contribution in [3.05, 3.63) is 71.3 Å². The number of halogens is 4. The summed E-state index contributed by atoms with van der Waals surface area (Å²) >= 11 is 0. The van der Waals surface area contributed by atoms with Crippen LogP contribution < -0.4 is 0 Å². The van der Waals surface area contributed by atoms with Crippen LogP contribution >= 0.6 is 0 Å². The number of amides is 1. The van der Waals surface area contributed by atoms with Crippen molar-refractivity contribution in [3.8, 4) is 0 Å². The maximum atomic E-state index is 14.7. The second-order valence-corrected chi connectivity index (χ2v) is 11.4. The van der Waals surface area contributed by atoms with Crippen LogP contribution in [0, 0.1) is 5.92 Å². The van der Waals surface area contributed by atoms with E-state index in [0.29, 0.717) is 11.1 Å². The van der Waals surface area contributed by atoms with E-state index >= 15 is 0 Å². The summed E-state index contributed by atoms with van der Waals surface area (Å²) < 4.78 is 64.6. The van der Waals surface area contributed by atoms with Gasteiger partial charge < -0.3 is 14.4 Å². The third kappa shape index (κ3) is 11.0. The lowest BCUT2D eigenvalue weighted by molar-refractivity contribution is -0.151. The Morgan fingerprint density at radius 3 is 1.93 bits per heavy atom. The summed E-state index contributed by atoms with van der Waals surface area (Å²) in [6.45, 7) is 7.41. The van der Waals surface area contributed by atoms with E-state index in [0.717, 1.165) is 17.0 Å². The number of Topliss-reactive ketones (excluding diaryl/α,β-unsaturated/α-hetero) is 1. The number of ether oxygens (including phenoxy) is 2.